The molecule has 0 saturated carbocycles. The number of rotatable bonds is 5. The van der Waals surface area contributed by atoms with Crippen LogP contribution in [0.25, 0.3) is 28.3 Å². The molecule has 4 rings (SSSR count). The first-order chi connectivity index (χ1) is 14.4. The number of ether oxygens (including phenoxy) is 1. The summed E-state index contributed by atoms with van der Waals surface area (Å²) in [7, 11) is 0. The van der Waals surface area contributed by atoms with Crippen LogP contribution in [0.15, 0.2) is 60.7 Å². The van der Waals surface area contributed by atoms with Crippen molar-refractivity contribution in [2.24, 2.45) is 5.41 Å². The highest BCUT2D eigenvalue weighted by Gasteiger charge is 2.35. The van der Waals surface area contributed by atoms with Gasteiger partial charge >= 0.3 is 5.97 Å². The van der Waals surface area contributed by atoms with Gasteiger partial charge in [0, 0.05) is 35.1 Å². The lowest BCUT2D eigenvalue weighted by Gasteiger charge is -2.18. The number of carbonyl (C=O) groups is 1. The fourth-order valence-electron chi connectivity index (χ4n) is 4.32. The van der Waals surface area contributed by atoms with Gasteiger partial charge in [-0.1, -0.05) is 56.3 Å². The Morgan fingerprint density at radius 2 is 1.73 bits per heavy atom. The van der Waals surface area contributed by atoms with E-state index in [1.807, 2.05) is 24.3 Å². The van der Waals surface area contributed by atoms with Gasteiger partial charge in [-0.25, -0.2) is 9.18 Å². The molecule has 2 heterocycles. The highest BCUT2D eigenvalue weighted by molar-refractivity contribution is 5.95. The third-order valence-electron chi connectivity index (χ3n) is 5.50. The molecule has 3 nitrogen and oxygen atoms in total. The number of hydrogen-bond acceptors (Lipinski definition) is 2. The largest absolute Gasteiger partial charge is 0.463 e. The van der Waals surface area contributed by atoms with Gasteiger partial charge in [0.1, 0.15) is 5.82 Å². The minimum atomic E-state index is -0.364. The summed E-state index contributed by atoms with van der Waals surface area (Å²) in [4.78, 5) is 12.0. The molecule has 0 N–H and O–H groups in total. The minimum Gasteiger partial charge on any atom is -0.463 e. The molecule has 3 aromatic rings. The van der Waals surface area contributed by atoms with Crippen LogP contribution >= 0.6 is 0 Å². The van der Waals surface area contributed by atoms with Crippen molar-refractivity contribution in [1.29, 1.82) is 0 Å². The molecule has 30 heavy (non-hydrogen) atoms. The summed E-state index contributed by atoms with van der Waals surface area (Å²) in [5, 5.41) is 0. The molecular weight excluding hydrogens is 377 g/mol. The van der Waals surface area contributed by atoms with E-state index in [1.54, 1.807) is 19.1 Å². The molecule has 0 aliphatic carbocycles. The lowest BCUT2D eigenvalue weighted by atomic mass is 9.86. The maximum absolute atomic E-state index is 13.6. The second-order valence-electron chi connectivity index (χ2n) is 8.47. The molecule has 1 aromatic heterocycles. The number of nitrogens with zero attached hydrogens (tertiary/aromatic N) is 1. The standard InChI is InChI=1S/C26H26FNO2/c1-4-30-23(29)15-14-21-24(19-10-12-20(27)13-11-19)25(18-8-6-5-7-9-18)22-16-26(2,3)17-28(21)22/h5-15H,4,16-17H2,1-3H3. The second-order valence-corrected chi connectivity index (χ2v) is 8.47. The molecule has 0 bridgehead atoms. The maximum atomic E-state index is 13.6. The average molecular weight is 403 g/mol. The summed E-state index contributed by atoms with van der Waals surface area (Å²) in [6.07, 6.45) is 4.26. The molecule has 1 aliphatic heterocycles. The van der Waals surface area contributed by atoms with Gasteiger partial charge in [0.25, 0.3) is 0 Å². The Labute approximate surface area is 176 Å². The molecule has 0 spiro atoms. The predicted octanol–water partition coefficient (Wildman–Crippen LogP) is 6.12. The first-order valence-corrected chi connectivity index (χ1v) is 10.3. The van der Waals surface area contributed by atoms with E-state index in [2.05, 4.69) is 30.5 Å². The van der Waals surface area contributed by atoms with Gasteiger partial charge in [-0.05, 0) is 48.1 Å². The number of benzene rings is 2. The summed E-state index contributed by atoms with van der Waals surface area (Å²) in [5.74, 6) is -0.631. The van der Waals surface area contributed by atoms with Gasteiger partial charge in [0.05, 0.1) is 6.61 Å². The Hall–Kier alpha value is -3.14. The fraction of sp³-hybridized carbons (Fsp3) is 0.269. The SMILES string of the molecule is CCOC(=O)C=Cc1c(-c2ccc(F)cc2)c(-c2ccccc2)c2n1CC(C)(C)C2. The van der Waals surface area contributed by atoms with Crippen LogP contribution in [0.4, 0.5) is 4.39 Å². The van der Waals surface area contributed by atoms with Crippen molar-refractivity contribution < 1.29 is 13.9 Å². The predicted molar refractivity (Wildman–Crippen MR) is 118 cm³/mol. The van der Waals surface area contributed by atoms with E-state index >= 15 is 0 Å². The summed E-state index contributed by atoms with van der Waals surface area (Å²) >= 11 is 0. The van der Waals surface area contributed by atoms with Crippen molar-refractivity contribution in [3.05, 3.63) is 77.9 Å². The summed E-state index contributed by atoms with van der Waals surface area (Å²) in [6, 6.07) is 16.8. The number of esters is 1. The van der Waals surface area contributed by atoms with Crippen LogP contribution in [0.5, 0.6) is 0 Å². The Balaban J connectivity index is 1.98. The Kier molecular flexibility index (Phi) is 5.33. The summed E-state index contributed by atoms with van der Waals surface area (Å²) in [6.45, 7) is 7.49. The van der Waals surface area contributed by atoms with Crippen molar-refractivity contribution in [3.8, 4) is 22.3 Å². The van der Waals surface area contributed by atoms with Gasteiger partial charge in [-0.15, -0.1) is 0 Å². The Morgan fingerprint density at radius 3 is 2.40 bits per heavy atom. The monoisotopic (exact) mass is 403 g/mol. The zero-order chi connectivity index (χ0) is 21.3. The zero-order valence-electron chi connectivity index (χ0n) is 17.6. The number of carbonyl (C=O) groups excluding carboxylic acids is 1. The van der Waals surface area contributed by atoms with Gasteiger partial charge in [0.2, 0.25) is 0 Å². The van der Waals surface area contributed by atoms with Crippen LogP contribution < -0.4 is 0 Å². The molecule has 154 valence electrons. The third-order valence-corrected chi connectivity index (χ3v) is 5.50. The van der Waals surface area contributed by atoms with Gasteiger partial charge in [-0.2, -0.15) is 0 Å². The molecule has 0 amide bonds. The second kappa shape index (κ2) is 7.94. The van der Waals surface area contributed by atoms with E-state index in [9.17, 15) is 9.18 Å². The van der Waals surface area contributed by atoms with Crippen LogP contribution in [0.3, 0.4) is 0 Å². The van der Waals surface area contributed by atoms with Crippen molar-refractivity contribution in [3.63, 3.8) is 0 Å². The molecule has 4 heteroatoms. The van der Waals surface area contributed by atoms with Crippen molar-refractivity contribution in [1.82, 2.24) is 4.57 Å². The number of halogens is 1. The van der Waals surface area contributed by atoms with E-state index in [0.717, 1.165) is 40.9 Å². The summed E-state index contributed by atoms with van der Waals surface area (Å²) in [5.41, 5.74) is 6.53. The summed E-state index contributed by atoms with van der Waals surface area (Å²) < 4.78 is 21.0. The van der Waals surface area contributed by atoms with Crippen molar-refractivity contribution in [2.75, 3.05) is 6.61 Å². The molecule has 0 saturated heterocycles. The lowest BCUT2D eigenvalue weighted by Crippen LogP contribution is -2.13. The molecule has 0 atom stereocenters. The van der Waals surface area contributed by atoms with E-state index in [-0.39, 0.29) is 17.2 Å². The van der Waals surface area contributed by atoms with Crippen LogP contribution in [0.1, 0.15) is 32.2 Å². The van der Waals surface area contributed by atoms with Crippen LogP contribution in [-0.4, -0.2) is 17.1 Å². The van der Waals surface area contributed by atoms with Crippen molar-refractivity contribution in [2.45, 2.75) is 33.7 Å². The topological polar surface area (TPSA) is 31.2 Å². The number of hydrogen-bond donors (Lipinski definition) is 0. The maximum Gasteiger partial charge on any atom is 0.330 e. The average Bonchev–Trinajstić information content (AvgIpc) is 3.18. The van der Waals surface area contributed by atoms with E-state index < -0.39 is 0 Å². The van der Waals surface area contributed by atoms with Gasteiger partial charge in [-0.3, -0.25) is 0 Å². The van der Waals surface area contributed by atoms with Crippen LogP contribution in [0, 0.1) is 11.2 Å². The van der Waals surface area contributed by atoms with E-state index in [1.165, 1.54) is 23.9 Å². The highest BCUT2D eigenvalue weighted by Crippen LogP contribution is 2.47. The van der Waals surface area contributed by atoms with Crippen LogP contribution in [0.2, 0.25) is 0 Å². The first kappa shape index (κ1) is 20.1. The van der Waals surface area contributed by atoms with Gasteiger partial charge in [0.15, 0.2) is 0 Å². The molecule has 2 aromatic carbocycles. The van der Waals surface area contributed by atoms with E-state index in [4.69, 9.17) is 4.74 Å². The number of aromatic nitrogens is 1. The lowest BCUT2D eigenvalue weighted by molar-refractivity contribution is -0.137. The zero-order valence-corrected chi connectivity index (χ0v) is 17.6. The smallest absolute Gasteiger partial charge is 0.330 e. The van der Waals surface area contributed by atoms with Gasteiger partial charge < -0.3 is 9.30 Å². The molecule has 0 unspecified atom stereocenters. The molecule has 0 fully saturated rings. The molecule has 0 radical (unpaired) electrons. The quantitative estimate of drug-likeness (QED) is 0.380. The number of fused-ring (bicyclic) bond motifs is 1. The fourth-order valence-corrected chi connectivity index (χ4v) is 4.32. The minimum absolute atomic E-state index is 0.118. The van der Waals surface area contributed by atoms with Crippen LogP contribution in [-0.2, 0) is 22.5 Å². The highest BCUT2D eigenvalue weighted by atomic mass is 19.1. The molecular formula is C26H26FNO2. The Bertz CT molecular complexity index is 1090. The normalized spacial score (nSPS) is 14.8. The van der Waals surface area contributed by atoms with E-state index in [0.29, 0.717) is 6.61 Å². The third kappa shape index (κ3) is 3.82. The molecule has 1 aliphatic rings. The Morgan fingerprint density at radius 1 is 1.07 bits per heavy atom. The van der Waals surface area contributed by atoms with Crippen molar-refractivity contribution >= 4 is 12.0 Å². The first-order valence-electron chi connectivity index (χ1n) is 10.3.